The van der Waals surface area contributed by atoms with Crippen LogP contribution in [0.1, 0.15) is 38.5 Å². The van der Waals surface area contributed by atoms with E-state index in [1.165, 1.54) is 0 Å². The summed E-state index contributed by atoms with van der Waals surface area (Å²) in [7, 11) is 0. The smallest absolute Gasteiger partial charge is 0.248 e. The number of amides is 1. The molecule has 2 aliphatic rings. The van der Waals surface area contributed by atoms with Gasteiger partial charge in [-0.15, -0.1) is 11.6 Å². The summed E-state index contributed by atoms with van der Waals surface area (Å²) in [5, 5.41) is 0.0257. The highest BCUT2D eigenvalue weighted by Gasteiger charge is 2.39. The van der Waals surface area contributed by atoms with Gasteiger partial charge in [-0.1, -0.05) is 0 Å². The van der Waals surface area contributed by atoms with Gasteiger partial charge in [-0.3, -0.25) is 4.79 Å². The fraction of sp³-hybridized carbons (Fsp3) is 0.917. The fourth-order valence-corrected chi connectivity index (χ4v) is 2.99. The molecule has 1 heterocycles. The molecule has 1 unspecified atom stereocenters. The van der Waals surface area contributed by atoms with Crippen molar-refractivity contribution < 1.29 is 13.6 Å². The first-order valence-electron chi connectivity index (χ1n) is 6.29. The van der Waals surface area contributed by atoms with E-state index in [0.29, 0.717) is 19.4 Å². The molecule has 2 rings (SSSR count). The molecule has 2 fully saturated rings. The molecule has 0 spiro atoms. The SMILES string of the molecule is O=C(C1CCC(F)(F)CC1)N1CCCC(Cl)C1. The molecule has 0 aromatic heterocycles. The van der Waals surface area contributed by atoms with E-state index in [2.05, 4.69) is 0 Å². The Labute approximate surface area is 105 Å². The van der Waals surface area contributed by atoms with E-state index in [1.807, 2.05) is 0 Å². The van der Waals surface area contributed by atoms with Gasteiger partial charge in [0.15, 0.2) is 0 Å². The number of nitrogens with zero attached hydrogens (tertiary/aromatic N) is 1. The second-order valence-electron chi connectivity index (χ2n) is 5.15. The summed E-state index contributed by atoms with van der Waals surface area (Å²) in [6.45, 7) is 1.31. The predicted molar refractivity (Wildman–Crippen MR) is 62.4 cm³/mol. The average molecular weight is 266 g/mol. The summed E-state index contributed by atoms with van der Waals surface area (Å²) < 4.78 is 26.0. The van der Waals surface area contributed by atoms with Gasteiger partial charge in [0.2, 0.25) is 11.8 Å². The topological polar surface area (TPSA) is 20.3 Å². The second-order valence-corrected chi connectivity index (χ2v) is 5.77. The Kier molecular flexibility index (Phi) is 3.91. The van der Waals surface area contributed by atoms with E-state index < -0.39 is 5.92 Å². The molecule has 0 radical (unpaired) electrons. The summed E-state index contributed by atoms with van der Waals surface area (Å²) >= 11 is 6.03. The zero-order valence-corrected chi connectivity index (χ0v) is 10.6. The Bertz CT molecular complexity index is 288. The van der Waals surface area contributed by atoms with Crippen LogP contribution in [0.15, 0.2) is 0 Å². The zero-order valence-electron chi connectivity index (χ0n) is 9.80. The van der Waals surface area contributed by atoms with E-state index in [4.69, 9.17) is 11.6 Å². The fourth-order valence-electron chi connectivity index (χ4n) is 2.67. The normalized spacial score (nSPS) is 30.3. The first-order chi connectivity index (χ1) is 7.98. The average Bonchev–Trinajstić information content (AvgIpc) is 2.28. The Morgan fingerprint density at radius 1 is 1.24 bits per heavy atom. The lowest BCUT2D eigenvalue weighted by atomic mass is 9.85. The van der Waals surface area contributed by atoms with Crippen LogP contribution in [0.3, 0.4) is 0 Å². The molecule has 1 aliphatic heterocycles. The van der Waals surface area contributed by atoms with Gasteiger partial charge in [0.1, 0.15) is 0 Å². The molecule has 0 N–H and O–H groups in total. The summed E-state index contributed by atoms with van der Waals surface area (Å²) in [5.74, 6) is -2.74. The van der Waals surface area contributed by atoms with Crippen molar-refractivity contribution >= 4 is 17.5 Å². The number of carbonyl (C=O) groups excluding carboxylic acids is 1. The highest BCUT2D eigenvalue weighted by Crippen LogP contribution is 2.37. The molecule has 5 heteroatoms. The molecular formula is C12H18ClF2NO. The van der Waals surface area contributed by atoms with Crippen molar-refractivity contribution in [3.05, 3.63) is 0 Å². The number of hydrogen-bond donors (Lipinski definition) is 0. The van der Waals surface area contributed by atoms with Gasteiger partial charge in [-0.25, -0.2) is 8.78 Å². The van der Waals surface area contributed by atoms with E-state index in [9.17, 15) is 13.6 Å². The van der Waals surface area contributed by atoms with Crippen LogP contribution in [0.2, 0.25) is 0 Å². The lowest BCUT2D eigenvalue weighted by Crippen LogP contribution is -2.44. The van der Waals surface area contributed by atoms with Gasteiger partial charge in [0, 0.05) is 31.8 Å². The van der Waals surface area contributed by atoms with Gasteiger partial charge in [-0.2, -0.15) is 0 Å². The number of carbonyl (C=O) groups is 1. The highest BCUT2D eigenvalue weighted by molar-refractivity contribution is 6.20. The first kappa shape index (κ1) is 13.1. The number of rotatable bonds is 1. The van der Waals surface area contributed by atoms with Crippen molar-refractivity contribution in [2.75, 3.05) is 13.1 Å². The van der Waals surface area contributed by atoms with E-state index in [-0.39, 0.29) is 30.0 Å². The van der Waals surface area contributed by atoms with Crippen molar-refractivity contribution in [2.24, 2.45) is 5.92 Å². The van der Waals surface area contributed by atoms with Crippen LogP contribution in [0.4, 0.5) is 8.78 Å². The van der Waals surface area contributed by atoms with Crippen LogP contribution in [0.25, 0.3) is 0 Å². The van der Waals surface area contributed by atoms with Crippen molar-refractivity contribution in [3.8, 4) is 0 Å². The molecule has 1 amide bonds. The molecule has 1 aliphatic carbocycles. The zero-order chi connectivity index (χ0) is 12.5. The van der Waals surface area contributed by atoms with E-state index >= 15 is 0 Å². The minimum absolute atomic E-state index is 0.0257. The van der Waals surface area contributed by atoms with Gasteiger partial charge in [0.25, 0.3) is 0 Å². The summed E-state index contributed by atoms with van der Waals surface area (Å²) in [6.07, 6.45) is 2.19. The van der Waals surface area contributed by atoms with Gasteiger partial charge < -0.3 is 4.90 Å². The number of likely N-dealkylation sites (tertiary alicyclic amines) is 1. The maximum absolute atomic E-state index is 13.0. The lowest BCUT2D eigenvalue weighted by molar-refractivity contribution is -0.140. The van der Waals surface area contributed by atoms with Gasteiger partial charge >= 0.3 is 0 Å². The Morgan fingerprint density at radius 2 is 1.88 bits per heavy atom. The predicted octanol–water partition coefficient (Wildman–Crippen LogP) is 3.04. The summed E-state index contributed by atoms with van der Waals surface area (Å²) in [4.78, 5) is 13.9. The maximum Gasteiger partial charge on any atom is 0.248 e. The molecule has 1 atom stereocenters. The van der Waals surface area contributed by atoms with E-state index in [0.717, 1.165) is 19.4 Å². The molecule has 0 aromatic carbocycles. The van der Waals surface area contributed by atoms with Crippen molar-refractivity contribution in [1.82, 2.24) is 4.90 Å². The second kappa shape index (κ2) is 5.09. The van der Waals surface area contributed by atoms with Crippen molar-refractivity contribution in [3.63, 3.8) is 0 Å². The monoisotopic (exact) mass is 265 g/mol. The van der Waals surface area contributed by atoms with Gasteiger partial charge in [-0.05, 0) is 25.7 Å². The molecule has 0 bridgehead atoms. The van der Waals surface area contributed by atoms with Crippen LogP contribution < -0.4 is 0 Å². The molecule has 0 aromatic rings. The third-order valence-electron chi connectivity index (χ3n) is 3.74. The largest absolute Gasteiger partial charge is 0.341 e. The standard InChI is InChI=1S/C12H18ClF2NO/c13-10-2-1-7-16(8-10)11(17)9-3-5-12(14,15)6-4-9/h9-10H,1-8H2. The number of alkyl halides is 3. The number of hydrogen-bond acceptors (Lipinski definition) is 1. The Hall–Kier alpha value is -0.380. The lowest BCUT2D eigenvalue weighted by Gasteiger charge is -2.35. The van der Waals surface area contributed by atoms with Crippen LogP contribution in [-0.4, -0.2) is 35.2 Å². The molecule has 2 nitrogen and oxygen atoms in total. The summed E-state index contributed by atoms with van der Waals surface area (Å²) in [6, 6.07) is 0. The molecular weight excluding hydrogens is 248 g/mol. The molecule has 17 heavy (non-hydrogen) atoms. The van der Waals surface area contributed by atoms with Crippen molar-refractivity contribution in [2.45, 2.75) is 49.8 Å². The highest BCUT2D eigenvalue weighted by atomic mass is 35.5. The number of piperidine rings is 1. The quantitative estimate of drug-likeness (QED) is 0.668. The maximum atomic E-state index is 13.0. The minimum atomic E-state index is -2.56. The molecule has 1 saturated heterocycles. The van der Waals surface area contributed by atoms with Crippen LogP contribution in [-0.2, 0) is 4.79 Å². The third-order valence-corrected chi connectivity index (χ3v) is 4.10. The van der Waals surface area contributed by atoms with Crippen LogP contribution in [0, 0.1) is 5.92 Å². The van der Waals surface area contributed by atoms with E-state index in [1.54, 1.807) is 4.90 Å². The number of halogens is 3. The Balaban J connectivity index is 1.88. The Morgan fingerprint density at radius 3 is 2.47 bits per heavy atom. The van der Waals surface area contributed by atoms with Crippen molar-refractivity contribution in [1.29, 1.82) is 0 Å². The molecule has 1 saturated carbocycles. The summed E-state index contributed by atoms with van der Waals surface area (Å²) in [5.41, 5.74) is 0. The van der Waals surface area contributed by atoms with Crippen LogP contribution >= 0.6 is 11.6 Å². The third kappa shape index (κ3) is 3.30. The first-order valence-corrected chi connectivity index (χ1v) is 6.72. The molecule has 98 valence electrons. The minimum Gasteiger partial charge on any atom is -0.341 e. The van der Waals surface area contributed by atoms with Gasteiger partial charge in [0.05, 0.1) is 5.38 Å². The van der Waals surface area contributed by atoms with Crippen LogP contribution in [0.5, 0.6) is 0 Å².